The van der Waals surface area contributed by atoms with Crippen LogP contribution in [-0.4, -0.2) is 41.0 Å². The van der Waals surface area contributed by atoms with Crippen LogP contribution >= 0.6 is 15.9 Å². The number of hydrogen-bond donors (Lipinski definition) is 0. The van der Waals surface area contributed by atoms with E-state index >= 15 is 0 Å². The summed E-state index contributed by atoms with van der Waals surface area (Å²) >= 11 is 3.35. The number of hydrogen-bond acceptors (Lipinski definition) is 6. The van der Waals surface area contributed by atoms with Crippen LogP contribution in [0.1, 0.15) is 27.7 Å². The predicted octanol–water partition coefficient (Wildman–Crippen LogP) is 1.50. The van der Waals surface area contributed by atoms with E-state index in [9.17, 15) is 14.4 Å². The zero-order valence-corrected chi connectivity index (χ0v) is 13.3. The number of ether oxygens (including phenoxy) is 3. The summed E-state index contributed by atoms with van der Waals surface area (Å²) in [5, 5.41) is 0. The van der Waals surface area contributed by atoms with E-state index in [1.807, 2.05) is 0 Å². The molecule has 0 spiro atoms. The normalized spacial score (nSPS) is 29.1. The summed E-state index contributed by atoms with van der Waals surface area (Å²) < 4.78 is 15.5. The van der Waals surface area contributed by atoms with E-state index in [1.54, 1.807) is 13.0 Å². The zero-order chi connectivity index (χ0) is 15.4. The van der Waals surface area contributed by atoms with E-state index in [0.29, 0.717) is 5.57 Å². The predicted molar refractivity (Wildman–Crippen MR) is 73.1 cm³/mol. The van der Waals surface area contributed by atoms with Crippen molar-refractivity contribution in [1.29, 1.82) is 0 Å². The highest BCUT2D eigenvalue weighted by Crippen LogP contribution is 2.31. The van der Waals surface area contributed by atoms with Gasteiger partial charge in [-0.15, -0.1) is 0 Å². The van der Waals surface area contributed by atoms with Crippen LogP contribution in [0, 0.1) is 0 Å². The summed E-state index contributed by atoms with van der Waals surface area (Å²) in [4.78, 5) is 33.0. The van der Waals surface area contributed by atoms with Crippen molar-refractivity contribution in [3.05, 3.63) is 11.6 Å². The molecule has 4 atom stereocenters. The minimum atomic E-state index is -0.759. The summed E-state index contributed by atoms with van der Waals surface area (Å²) in [6, 6.07) is 0. The van der Waals surface area contributed by atoms with Crippen LogP contribution in [0.5, 0.6) is 0 Å². The SMILES string of the molecule is CC(=O)O[C@@H]1[C@H](Br)[C@@H](OC(C)=O)C=C(C)[C@H]1OC(C)=O. The number of esters is 3. The van der Waals surface area contributed by atoms with Gasteiger partial charge in [-0.1, -0.05) is 15.9 Å². The first-order valence-corrected chi connectivity index (χ1v) is 6.98. The molecule has 0 amide bonds. The molecule has 0 aromatic heterocycles. The van der Waals surface area contributed by atoms with Gasteiger partial charge in [0.2, 0.25) is 0 Å². The maximum Gasteiger partial charge on any atom is 0.303 e. The molecule has 0 heterocycles. The third-order valence-electron chi connectivity index (χ3n) is 2.70. The molecule has 0 bridgehead atoms. The second-order valence-corrected chi connectivity index (χ2v) is 5.59. The summed E-state index contributed by atoms with van der Waals surface area (Å²) in [6.45, 7) is 5.56. The quantitative estimate of drug-likeness (QED) is 0.333. The van der Waals surface area contributed by atoms with Crippen molar-refractivity contribution < 1.29 is 28.6 Å². The van der Waals surface area contributed by atoms with Crippen molar-refractivity contribution in [3.8, 4) is 0 Å². The highest BCUT2D eigenvalue weighted by molar-refractivity contribution is 9.09. The molecule has 20 heavy (non-hydrogen) atoms. The van der Waals surface area contributed by atoms with Crippen LogP contribution in [0.4, 0.5) is 0 Å². The van der Waals surface area contributed by atoms with Crippen LogP contribution in [0.3, 0.4) is 0 Å². The zero-order valence-electron chi connectivity index (χ0n) is 11.7. The molecule has 0 saturated carbocycles. The van der Waals surface area contributed by atoms with Crippen LogP contribution in [0.15, 0.2) is 11.6 Å². The highest BCUT2D eigenvalue weighted by atomic mass is 79.9. The average Bonchev–Trinajstić information content (AvgIpc) is 2.28. The Kier molecular flexibility index (Phi) is 5.74. The summed E-state index contributed by atoms with van der Waals surface area (Å²) in [6.07, 6.45) is -0.379. The van der Waals surface area contributed by atoms with Crippen molar-refractivity contribution in [1.82, 2.24) is 0 Å². The Morgan fingerprint density at radius 3 is 1.95 bits per heavy atom. The summed E-state index contributed by atoms with van der Waals surface area (Å²) in [5.74, 6) is -1.44. The number of halogens is 1. The fraction of sp³-hybridized carbons (Fsp3) is 0.615. The lowest BCUT2D eigenvalue weighted by molar-refractivity contribution is -0.166. The Morgan fingerprint density at radius 1 is 1.00 bits per heavy atom. The van der Waals surface area contributed by atoms with Crippen molar-refractivity contribution in [2.24, 2.45) is 0 Å². The Labute approximate surface area is 125 Å². The second kappa shape index (κ2) is 6.88. The molecule has 0 aromatic carbocycles. The van der Waals surface area contributed by atoms with Gasteiger partial charge in [0.15, 0.2) is 12.2 Å². The van der Waals surface area contributed by atoms with Crippen LogP contribution in [-0.2, 0) is 28.6 Å². The third kappa shape index (κ3) is 4.33. The maximum atomic E-state index is 11.2. The standard InChI is InChI=1S/C13H17BrO6/c1-6-5-10(18-7(2)15)11(14)13(20-9(4)17)12(6)19-8(3)16/h5,10-13H,1-4H3/t10-,11+,12+,13+/m0/s1. The number of alkyl halides is 1. The van der Waals surface area contributed by atoms with Gasteiger partial charge in [-0.3, -0.25) is 14.4 Å². The molecule has 6 nitrogen and oxygen atoms in total. The van der Waals surface area contributed by atoms with Crippen molar-refractivity contribution in [2.45, 2.75) is 50.8 Å². The summed E-state index contributed by atoms with van der Waals surface area (Å²) in [5.41, 5.74) is 0.661. The van der Waals surface area contributed by atoms with Crippen LogP contribution in [0.2, 0.25) is 0 Å². The molecule has 0 aromatic rings. The number of rotatable bonds is 3. The highest BCUT2D eigenvalue weighted by Gasteiger charge is 2.43. The van der Waals surface area contributed by atoms with Gasteiger partial charge in [0.1, 0.15) is 6.10 Å². The smallest absolute Gasteiger partial charge is 0.303 e. The topological polar surface area (TPSA) is 78.9 Å². The van der Waals surface area contributed by atoms with E-state index < -0.39 is 41.0 Å². The first kappa shape index (κ1) is 16.7. The van der Waals surface area contributed by atoms with E-state index in [4.69, 9.17) is 14.2 Å². The lowest BCUT2D eigenvalue weighted by Gasteiger charge is -2.37. The first-order valence-electron chi connectivity index (χ1n) is 6.06. The monoisotopic (exact) mass is 348 g/mol. The molecular weight excluding hydrogens is 332 g/mol. The molecule has 1 aliphatic carbocycles. The second-order valence-electron chi connectivity index (χ2n) is 4.53. The Morgan fingerprint density at radius 2 is 1.50 bits per heavy atom. The van der Waals surface area contributed by atoms with Crippen molar-refractivity contribution >= 4 is 33.8 Å². The van der Waals surface area contributed by atoms with Gasteiger partial charge >= 0.3 is 17.9 Å². The molecule has 1 rings (SSSR count). The fourth-order valence-electron chi connectivity index (χ4n) is 2.01. The minimum absolute atomic E-state index is 0.448. The molecular formula is C13H17BrO6. The number of carbonyl (C=O) groups is 3. The Balaban J connectivity index is 3.05. The van der Waals surface area contributed by atoms with Gasteiger partial charge in [-0.25, -0.2) is 0 Å². The largest absolute Gasteiger partial charge is 0.457 e. The van der Waals surface area contributed by atoms with Gasteiger partial charge in [0.05, 0.1) is 4.83 Å². The van der Waals surface area contributed by atoms with Gasteiger partial charge < -0.3 is 14.2 Å². The fourth-order valence-corrected chi connectivity index (χ4v) is 2.65. The van der Waals surface area contributed by atoms with E-state index in [0.717, 1.165) is 0 Å². The Bertz CT molecular complexity index is 444. The molecule has 0 fully saturated rings. The van der Waals surface area contributed by atoms with Gasteiger partial charge in [0.25, 0.3) is 0 Å². The Hall–Kier alpha value is -1.37. The van der Waals surface area contributed by atoms with Crippen LogP contribution in [0.25, 0.3) is 0 Å². The molecule has 0 radical (unpaired) electrons. The van der Waals surface area contributed by atoms with Gasteiger partial charge in [0, 0.05) is 20.8 Å². The third-order valence-corrected chi connectivity index (χ3v) is 3.74. The molecule has 7 heteroatoms. The van der Waals surface area contributed by atoms with Crippen molar-refractivity contribution in [3.63, 3.8) is 0 Å². The van der Waals surface area contributed by atoms with E-state index in [-0.39, 0.29) is 0 Å². The van der Waals surface area contributed by atoms with E-state index in [1.165, 1.54) is 20.8 Å². The maximum absolute atomic E-state index is 11.2. The molecule has 0 N–H and O–H groups in total. The molecule has 0 aliphatic heterocycles. The minimum Gasteiger partial charge on any atom is -0.457 e. The summed E-state index contributed by atoms with van der Waals surface area (Å²) in [7, 11) is 0. The van der Waals surface area contributed by atoms with E-state index in [2.05, 4.69) is 15.9 Å². The molecule has 112 valence electrons. The van der Waals surface area contributed by atoms with Crippen LogP contribution < -0.4 is 0 Å². The van der Waals surface area contributed by atoms with Gasteiger partial charge in [-0.2, -0.15) is 0 Å². The average molecular weight is 349 g/mol. The lowest BCUT2D eigenvalue weighted by atomic mass is 9.92. The molecule has 1 aliphatic rings. The first-order chi connectivity index (χ1) is 9.22. The van der Waals surface area contributed by atoms with Crippen molar-refractivity contribution in [2.75, 3.05) is 0 Å². The molecule has 0 saturated heterocycles. The molecule has 0 unspecified atom stereocenters. The van der Waals surface area contributed by atoms with Gasteiger partial charge in [-0.05, 0) is 18.6 Å². The lowest BCUT2D eigenvalue weighted by Crippen LogP contribution is -2.50. The number of carbonyl (C=O) groups excluding carboxylic acids is 3.